The lowest BCUT2D eigenvalue weighted by molar-refractivity contribution is -0.175. The first-order valence-corrected chi connectivity index (χ1v) is 10.1. The van der Waals surface area contributed by atoms with Crippen molar-refractivity contribution in [2.75, 3.05) is 13.2 Å². The quantitative estimate of drug-likeness (QED) is 0.328. The first kappa shape index (κ1) is 23.9. The van der Waals surface area contributed by atoms with Crippen molar-refractivity contribution in [1.29, 1.82) is 0 Å². The van der Waals surface area contributed by atoms with Crippen LogP contribution in [-0.4, -0.2) is 25.2 Å². The molecule has 0 spiro atoms. The predicted octanol–water partition coefficient (Wildman–Crippen LogP) is 5.39. The third kappa shape index (κ3) is 7.37. The van der Waals surface area contributed by atoms with Crippen LogP contribution in [0.5, 0.6) is 0 Å². The average molecular weight is 357 g/mol. The molecule has 4 nitrogen and oxygen atoms in total. The number of ether oxygens (including phenoxy) is 2. The minimum Gasteiger partial charge on any atom is -0.465 e. The fourth-order valence-corrected chi connectivity index (χ4v) is 3.22. The molecule has 4 heteroatoms. The lowest BCUT2D eigenvalue weighted by Gasteiger charge is -2.39. The third-order valence-corrected chi connectivity index (χ3v) is 5.18. The van der Waals surface area contributed by atoms with Crippen molar-refractivity contribution in [3.8, 4) is 0 Å². The van der Waals surface area contributed by atoms with Crippen molar-refractivity contribution in [2.24, 2.45) is 23.2 Å². The Labute approximate surface area is 155 Å². The SMILES string of the molecule is CCCCCOC(=O)C(C(C)C)C(C)(C(=O)OCCCCC)C(C)C. The second-order valence-electron chi connectivity index (χ2n) is 7.88. The summed E-state index contributed by atoms with van der Waals surface area (Å²) in [5.41, 5.74) is -0.873. The molecule has 0 aromatic heterocycles. The van der Waals surface area contributed by atoms with Gasteiger partial charge >= 0.3 is 11.9 Å². The molecule has 0 aliphatic carbocycles. The molecule has 0 saturated heterocycles. The topological polar surface area (TPSA) is 52.6 Å². The van der Waals surface area contributed by atoms with E-state index in [2.05, 4.69) is 13.8 Å². The molecule has 0 N–H and O–H groups in total. The summed E-state index contributed by atoms with van der Waals surface area (Å²) in [5.74, 6) is -1.04. The molecule has 0 aliphatic heterocycles. The molecular weight excluding hydrogens is 316 g/mol. The molecule has 0 aromatic carbocycles. The van der Waals surface area contributed by atoms with Crippen LogP contribution >= 0.6 is 0 Å². The maximum atomic E-state index is 12.9. The molecule has 0 fully saturated rings. The maximum absolute atomic E-state index is 12.9. The van der Waals surface area contributed by atoms with Gasteiger partial charge in [0.2, 0.25) is 0 Å². The highest BCUT2D eigenvalue weighted by Gasteiger charge is 2.50. The number of esters is 2. The van der Waals surface area contributed by atoms with Crippen molar-refractivity contribution in [1.82, 2.24) is 0 Å². The fourth-order valence-electron chi connectivity index (χ4n) is 3.22. The minimum absolute atomic E-state index is 0.00858. The van der Waals surface area contributed by atoms with Gasteiger partial charge in [0.25, 0.3) is 0 Å². The lowest BCUT2D eigenvalue weighted by atomic mass is 9.65. The lowest BCUT2D eigenvalue weighted by Crippen LogP contribution is -2.48. The zero-order chi connectivity index (χ0) is 19.5. The van der Waals surface area contributed by atoms with E-state index in [1.165, 1.54) is 0 Å². The van der Waals surface area contributed by atoms with Gasteiger partial charge in [-0.1, -0.05) is 67.2 Å². The first-order chi connectivity index (χ1) is 11.7. The zero-order valence-corrected chi connectivity index (χ0v) is 17.5. The van der Waals surface area contributed by atoms with Crippen LogP contribution in [0.1, 0.15) is 87.0 Å². The first-order valence-electron chi connectivity index (χ1n) is 10.1. The largest absolute Gasteiger partial charge is 0.465 e. The van der Waals surface area contributed by atoms with Gasteiger partial charge in [0.05, 0.1) is 24.5 Å². The van der Waals surface area contributed by atoms with Crippen molar-refractivity contribution >= 4 is 11.9 Å². The summed E-state index contributed by atoms with van der Waals surface area (Å²) in [6, 6.07) is 0. The van der Waals surface area contributed by atoms with Gasteiger partial charge in [-0.3, -0.25) is 9.59 Å². The smallest absolute Gasteiger partial charge is 0.312 e. The molecule has 0 rings (SSSR count). The van der Waals surface area contributed by atoms with Gasteiger partial charge < -0.3 is 9.47 Å². The standard InChI is InChI=1S/C21H40O4/c1-8-10-12-14-24-19(22)18(16(3)4)21(7,17(5)6)20(23)25-15-13-11-9-2/h16-18H,8-15H2,1-7H3. The molecule has 0 aromatic rings. The Morgan fingerprint density at radius 3 is 1.72 bits per heavy atom. The van der Waals surface area contributed by atoms with Crippen molar-refractivity contribution in [2.45, 2.75) is 87.0 Å². The molecule has 0 heterocycles. The molecular formula is C21H40O4. The Bertz CT molecular complexity index is 389. The van der Waals surface area contributed by atoms with Crippen LogP contribution in [0.3, 0.4) is 0 Å². The third-order valence-electron chi connectivity index (χ3n) is 5.18. The van der Waals surface area contributed by atoms with E-state index >= 15 is 0 Å². The van der Waals surface area contributed by atoms with E-state index < -0.39 is 11.3 Å². The molecule has 0 bridgehead atoms. The predicted molar refractivity (Wildman–Crippen MR) is 102 cm³/mol. The summed E-state index contributed by atoms with van der Waals surface area (Å²) < 4.78 is 11.1. The van der Waals surface area contributed by atoms with Crippen LogP contribution in [0.4, 0.5) is 0 Å². The number of carbonyl (C=O) groups excluding carboxylic acids is 2. The Kier molecular flexibility index (Phi) is 11.8. The van der Waals surface area contributed by atoms with Crippen molar-refractivity contribution < 1.29 is 19.1 Å². The molecule has 148 valence electrons. The second kappa shape index (κ2) is 12.3. The summed E-state index contributed by atoms with van der Waals surface area (Å²) in [6.07, 6.45) is 5.98. The van der Waals surface area contributed by atoms with Gasteiger partial charge in [0, 0.05) is 0 Å². The molecule has 0 aliphatic rings. The van der Waals surface area contributed by atoms with E-state index in [4.69, 9.17) is 9.47 Å². The zero-order valence-electron chi connectivity index (χ0n) is 17.5. The maximum Gasteiger partial charge on any atom is 0.312 e. The van der Waals surface area contributed by atoms with Crippen LogP contribution in [0.25, 0.3) is 0 Å². The van der Waals surface area contributed by atoms with E-state index in [1.807, 2.05) is 34.6 Å². The highest BCUT2D eigenvalue weighted by atomic mass is 16.5. The average Bonchev–Trinajstić information content (AvgIpc) is 2.54. The van der Waals surface area contributed by atoms with E-state index in [0.717, 1.165) is 38.5 Å². The number of carbonyl (C=O) groups is 2. The molecule has 0 amide bonds. The monoisotopic (exact) mass is 356 g/mol. The van der Waals surface area contributed by atoms with E-state index in [1.54, 1.807) is 0 Å². The summed E-state index contributed by atoms with van der Waals surface area (Å²) in [5, 5.41) is 0. The van der Waals surface area contributed by atoms with Gasteiger partial charge in [0.15, 0.2) is 0 Å². The molecule has 2 unspecified atom stereocenters. The Morgan fingerprint density at radius 1 is 0.840 bits per heavy atom. The Morgan fingerprint density at radius 2 is 1.32 bits per heavy atom. The van der Waals surface area contributed by atoms with Crippen molar-refractivity contribution in [3.63, 3.8) is 0 Å². The minimum atomic E-state index is -0.873. The van der Waals surface area contributed by atoms with Gasteiger partial charge in [-0.25, -0.2) is 0 Å². The van der Waals surface area contributed by atoms with Crippen LogP contribution in [-0.2, 0) is 19.1 Å². The van der Waals surface area contributed by atoms with Crippen LogP contribution in [0.15, 0.2) is 0 Å². The summed E-state index contributed by atoms with van der Waals surface area (Å²) >= 11 is 0. The van der Waals surface area contributed by atoms with Crippen LogP contribution in [0.2, 0.25) is 0 Å². The van der Waals surface area contributed by atoms with Gasteiger partial charge in [0.1, 0.15) is 0 Å². The molecule has 0 saturated carbocycles. The number of hydrogen-bond donors (Lipinski definition) is 0. The van der Waals surface area contributed by atoms with E-state index in [-0.39, 0.29) is 23.8 Å². The second-order valence-corrected chi connectivity index (χ2v) is 7.88. The van der Waals surface area contributed by atoms with Crippen LogP contribution < -0.4 is 0 Å². The van der Waals surface area contributed by atoms with Crippen molar-refractivity contribution in [3.05, 3.63) is 0 Å². The van der Waals surface area contributed by atoms with Crippen LogP contribution in [0, 0.1) is 23.2 Å². The van der Waals surface area contributed by atoms with Gasteiger partial charge in [-0.15, -0.1) is 0 Å². The highest BCUT2D eigenvalue weighted by molar-refractivity contribution is 5.85. The van der Waals surface area contributed by atoms with Gasteiger partial charge in [-0.05, 0) is 31.6 Å². The van der Waals surface area contributed by atoms with Gasteiger partial charge in [-0.2, -0.15) is 0 Å². The summed E-state index contributed by atoms with van der Waals surface area (Å²) in [7, 11) is 0. The molecule has 25 heavy (non-hydrogen) atoms. The Hall–Kier alpha value is -1.06. The fraction of sp³-hybridized carbons (Fsp3) is 0.905. The molecule has 2 atom stereocenters. The summed E-state index contributed by atoms with van der Waals surface area (Å²) in [6.45, 7) is 14.8. The number of rotatable bonds is 13. The normalized spacial score (nSPS) is 15.1. The number of hydrogen-bond acceptors (Lipinski definition) is 4. The highest BCUT2D eigenvalue weighted by Crippen LogP contribution is 2.42. The van der Waals surface area contributed by atoms with E-state index in [0.29, 0.717) is 13.2 Å². The molecule has 0 radical (unpaired) electrons. The summed E-state index contributed by atoms with van der Waals surface area (Å²) in [4.78, 5) is 25.6. The Balaban J connectivity index is 5.15. The number of unbranched alkanes of at least 4 members (excludes halogenated alkanes) is 4. The van der Waals surface area contributed by atoms with E-state index in [9.17, 15) is 9.59 Å².